The molecule has 1 aromatic carbocycles. The molecule has 2 aliphatic rings. The van der Waals surface area contributed by atoms with Crippen molar-refractivity contribution in [1.82, 2.24) is 0 Å². The van der Waals surface area contributed by atoms with Crippen molar-refractivity contribution in [2.24, 2.45) is 11.7 Å². The molecule has 1 heterocycles. The van der Waals surface area contributed by atoms with Gasteiger partial charge in [-0.2, -0.15) is 0 Å². The van der Waals surface area contributed by atoms with Crippen LogP contribution in [0.5, 0.6) is 11.5 Å². The fourth-order valence-corrected chi connectivity index (χ4v) is 4.04. The van der Waals surface area contributed by atoms with Gasteiger partial charge in [-0.25, -0.2) is 0 Å². The number of benzene rings is 1. The topological polar surface area (TPSA) is 44.5 Å². The molecule has 1 aliphatic carbocycles. The van der Waals surface area contributed by atoms with Gasteiger partial charge in [-0.05, 0) is 49.8 Å². The SMILES string of the molecule is CCC1CCCCC12C[C@@H](N)c1cc(OC)ccc1O2. The van der Waals surface area contributed by atoms with Gasteiger partial charge in [0.1, 0.15) is 17.1 Å². The summed E-state index contributed by atoms with van der Waals surface area (Å²) in [4.78, 5) is 0. The van der Waals surface area contributed by atoms with E-state index in [-0.39, 0.29) is 11.6 Å². The molecule has 1 aromatic rings. The predicted octanol–water partition coefficient (Wildman–Crippen LogP) is 3.82. The lowest BCUT2D eigenvalue weighted by atomic mass is 9.69. The van der Waals surface area contributed by atoms with Crippen molar-refractivity contribution in [2.75, 3.05) is 7.11 Å². The summed E-state index contributed by atoms with van der Waals surface area (Å²) in [6, 6.07) is 6.07. The van der Waals surface area contributed by atoms with Crippen LogP contribution in [-0.4, -0.2) is 12.7 Å². The summed E-state index contributed by atoms with van der Waals surface area (Å²) in [5.74, 6) is 2.46. The van der Waals surface area contributed by atoms with Crippen LogP contribution in [0, 0.1) is 5.92 Å². The van der Waals surface area contributed by atoms with E-state index in [0.717, 1.165) is 29.9 Å². The first-order chi connectivity index (χ1) is 9.68. The Labute approximate surface area is 121 Å². The van der Waals surface area contributed by atoms with E-state index in [9.17, 15) is 0 Å². The summed E-state index contributed by atoms with van der Waals surface area (Å²) in [6.07, 6.45) is 7.12. The second-order valence-corrected chi connectivity index (χ2v) is 6.23. The first-order valence-electron chi connectivity index (χ1n) is 7.81. The number of hydrogen-bond acceptors (Lipinski definition) is 3. The molecule has 3 rings (SSSR count). The van der Waals surface area contributed by atoms with Crippen molar-refractivity contribution < 1.29 is 9.47 Å². The van der Waals surface area contributed by atoms with Crippen molar-refractivity contribution in [2.45, 2.75) is 57.1 Å². The van der Waals surface area contributed by atoms with Gasteiger partial charge in [-0.1, -0.05) is 13.3 Å². The van der Waals surface area contributed by atoms with Crippen LogP contribution in [0.4, 0.5) is 0 Å². The normalized spacial score (nSPS) is 32.5. The second kappa shape index (κ2) is 5.28. The molecule has 1 saturated carbocycles. The molecule has 0 radical (unpaired) electrons. The Hall–Kier alpha value is -1.22. The zero-order valence-electron chi connectivity index (χ0n) is 12.5. The number of fused-ring (bicyclic) bond motifs is 1. The highest BCUT2D eigenvalue weighted by Gasteiger charge is 2.46. The lowest BCUT2D eigenvalue weighted by Gasteiger charge is -2.48. The Balaban J connectivity index is 1.95. The molecule has 0 aromatic heterocycles. The third-order valence-corrected chi connectivity index (χ3v) is 5.13. The maximum Gasteiger partial charge on any atom is 0.125 e. The summed E-state index contributed by atoms with van der Waals surface area (Å²) in [6.45, 7) is 2.27. The van der Waals surface area contributed by atoms with Gasteiger partial charge in [-0.3, -0.25) is 0 Å². The summed E-state index contributed by atoms with van der Waals surface area (Å²) < 4.78 is 11.8. The van der Waals surface area contributed by atoms with Gasteiger partial charge in [0.25, 0.3) is 0 Å². The number of ether oxygens (including phenoxy) is 2. The molecule has 1 spiro atoms. The molecule has 1 fully saturated rings. The third kappa shape index (κ3) is 2.18. The van der Waals surface area contributed by atoms with Gasteiger partial charge in [0.05, 0.1) is 7.11 Å². The van der Waals surface area contributed by atoms with Crippen LogP contribution in [-0.2, 0) is 0 Å². The molecular formula is C17H25NO2. The minimum absolute atomic E-state index is 0.0337. The van der Waals surface area contributed by atoms with Crippen molar-refractivity contribution >= 4 is 0 Å². The van der Waals surface area contributed by atoms with Gasteiger partial charge in [0.2, 0.25) is 0 Å². The summed E-state index contributed by atoms with van der Waals surface area (Å²) in [5, 5.41) is 0. The Morgan fingerprint density at radius 3 is 3.00 bits per heavy atom. The number of nitrogens with two attached hydrogens (primary N) is 1. The molecule has 3 atom stereocenters. The number of rotatable bonds is 2. The minimum atomic E-state index is -0.0337. The van der Waals surface area contributed by atoms with Crippen molar-refractivity contribution in [3.05, 3.63) is 23.8 Å². The van der Waals surface area contributed by atoms with E-state index in [1.54, 1.807) is 7.11 Å². The molecule has 0 amide bonds. The highest BCUT2D eigenvalue weighted by Crippen LogP contribution is 2.49. The average Bonchev–Trinajstić information content (AvgIpc) is 2.47. The lowest BCUT2D eigenvalue weighted by Crippen LogP contribution is -2.50. The fraction of sp³-hybridized carbons (Fsp3) is 0.647. The van der Waals surface area contributed by atoms with Crippen molar-refractivity contribution in [1.29, 1.82) is 0 Å². The molecule has 1 aliphatic heterocycles. The molecule has 0 bridgehead atoms. The van der Waals surface area contributed by atoms with Gasteiger partial charge in [0.15, 0.2) is 0 Å². The van der Waals surface area contributed by atoms with Crippen molar-refractivity contribution in [3.63, 3.8) is 0 Å². The number of hydrogen-bond donors (Lipinski definition) is 1. The molecule has 2 N–H and O–H groups in total. The van der Waals surface area contributed by atoms with E-state index >= 15 is 0 Å². The second-order valence-electron chi connectivity index (χ2n) is 6.23. The van der Waals surface area contributed by atoms with Crippen molar-refractivity contribution in [3.8, 4) is 11.5 Å². The maximum atomic E-state index is 6.50. The van der Waals surface area contributed by atoms with Gasteiger partial charge < -0.3 is 15.2 Å². The van der Waals surface area contributed by atoms with Crippen LogP contribution in [0.1, 0.15) is 57.1 Å². The van der Waals surface area contributed by atoms with Crippen LogP contribution >= 0.6 is 0 Å². The van der Waals surface area contributed by atoms with E-state index in [2.05, 4.69) is 6.92 Å². The molecule has 110 valence electrons. The standard InChI is InChI=1S/C17H25NO2/c1-3-12-6-4-5-9-17(12)11-15(18)14-10-13(19-2)7-8-16(14)20-17/h7-8,10,12,15H,3-6,9,11,18H2,1-2H3/t12?,15-,17?/m1/s1. The van der Waals surface area contributed by atoms with Crippen LogP contribution in [0.25, 0.3) is 0 Å². The first kappa shape index (κ1) is 13.7. The highest BCUT2D eigenvalue weighted by molar-refractivity contribution is 5.44. The lowest BCUT2D eigenvalue weighted by molar-refractivity contribution is -0.0490. The smallest absolute Gasteiger partial charge is 0.125 e. The van der Waals surface area contributed by atoms with Gasteiger partial charge in [0, 0.05) is 18.0 Å². The minimum Gasteiger partial charge on any atom is -0.497 e. The van der Waals surface area contributed by atoms with Crippen LogP contribution < -0.4 is 15.2 Å². The van der Waals surface area contributed by atoms with E-state index in [1.165, 1.54) is 25.7 Å². The van der Waals surface area contributed by atoms with E-state index in [4.69, 9.17) is 15.2 Å². The molecule has 20 heavy (non-hydrogen) atoms. The fourth-order valence-electron chi connectivity index (χ4n) is 4.04. The molecular weight excluding hydrogens is 250 g/mol. The van der Waals surface area contributed by atoms with Gasteiger partial charge >= 0.3 is 0 Å². The first-order valence-corrected chi connectivity index (χ1v) is 7.81. The zero-order chi connectivity index (χ0) is 14.2. The van der Waals surface area contributed by atoms with E-state index < -0.39 is 0 Å². The van der Waals surface area contributed by atoms with Crippen LogP contribution in [0.15, 0.2) is 18.2 Å². The maximum absolute atomic E-state index is 6.50. The monoisotopic (exact) mass is 275 g/mol. The highest BCUT2D eigenvalue weighted by atomic mass is 16.5. The molecule has 3 heteroatoms. The van der Waals surface area contributed by atoms with E-state index in [1.807, 2.05) is 18.2 Å². The Bertz CT molecular complexity index is 488. The Morgan fingerprint density at radius 1 is 1.40 bits per heavy atom. The molecule has 2 unspecified atom stereocenters. The summed E-state index contributed by atoms with van der Waals surface area (Å²) in [7, 11) is 1.69. The number of methoxy groups -OCH3 is 1. The molecule has 3 nitrogen and oxygen atoms in total. The quantitative estimate of drug-likeness (QED) is 0.892. The third-order valence-electron chi connectivity index (χ3n) is 5.13. The van der Waals surface area contributed by atoms with Crippen LogP contribution in [0.2, 0.25) is 0 Å². The predicted molar refractivity (Wildman–Crippen MR) is 80.1 cm³/mol. The molecule has 0 saturated heterocycles. The average molecular weight is 275 g/mol. The largest absolute Gasteiger partial charge is 0.497 e. The Morgan fingerprint density at radius 2 is 2.25 bits per heavy atom. The van der Waals surface area contributed by atoms with Crippen LogP contribution in [0.3, 0.4) is 0 Å². The zero-order valence-corrected chi connectivity index (χ0v) is 12.5. The Kier molecular flexibility index (Phi) is 3.63. The summed E-state index contributed by atoms with van der Waals surface area (Å²) in [5.41, 5.74) is 7.52. The summed E-state index contributed by atoms with van der Waals surface area (Å²) >= 11 is 0. The van der Waals surface area contributed by atoms with E-state index in [0.29, 0.717) is 5.92 Å². The van der Waals surface area contributed by atoms with Gasteiger partial charge in [-0.15, -0.1) is 0 Å².